The molecule has 0 aromatic carbocycles. The van der Waals surface area contributed by atoms with E-state index < -0.39 is 16.6 Å². The fourth-order valence-electron chi connectivity index (χ4n) is 3.48. The van der Waals surface area contributed by atoms with Crippen molar-refractivity contribution in [3.05, 3.63) is 12.2 Å². The average Bonchev–Trinajstić information content (AvgIpc) is 2.13. The van der Waals surface area contributed by atoms with Crippen molar-refractivity contribution < 1.29 is 4.79 Å². The summed E-state index contributed by atoms with van der Waals surface area (Å²) in [5.41, 5.74) is 4.41. The van der Waals surface area contributed by atoms with Crippen LogP contribution in [0, 0.1) is 11.3 Å². The number of hydrogen-bond acceptors (Lipinski definition) is 3. The van der Waals surface area contributed by atoms with E-state index >= 15 is 0 Å². The first-order valence-corrected chi connectivity index (χ1v) is 6.25. The van der Waals surface area contributed by atoms with Gasteiger partial charge in [-0.1, -0.05) is 6.08 Å². The monoisotopic (exact) mass is 249 g/mol. The standard InChI is InChI=1S/C14H23N3O/c1-6-7-11(18)17-12(2,3)8-14(16,10-15)9-13(17,4)5/h6-7H,8-9,16H2,1-5H3. The van der Waals surface area contributed by atoms with Gasteiger partial charge in [0.2, 0.25) is 5.91 Å². The van der Waals surface area contributed by atoms with Crippen molar-refractivity contribution in [3.63, 3.8) is 0 Å². The van der Waals surface area contributed by atoms with E-state index in [1.807, 2.05) is 39.5 Å². The lowest BCUT2D eigenvalue weighted by Crippen LogP contribution is -2.68. The van der Waals surface area contributed by atoms with Crippen LogP contribution in [0.15, 0.2) is 12.2 Å². The van der Waals surface area contributed by atoms with E-state index in [-0.39, 0.29) is 5.91 Å². The maximum Gasteiger partial charge on any atom is 0.247 e. The van der Waals surface area contributed by atoms with E-state index in [9.17, 15) is 10.1 Å². The predicted octanol–water partition coefficient (Wildman–Crippen LogP) is 1.96. The quantitative estimate of drug-likeness (QED) is 0.722. The first kappa shape index (κ1) is 14.7. The largest absolute Gasteiger partial charge is 0.329 e. The predicted molar refractivity (Wildman–Crippen MR) is 71.6 cm³/mol. The number of likely N-dealkylation sites (tertiary alicyclic amines) is 1. The lowest BCUT2D eigenvalue weighted by atomic mass is 9.70. The second kappa shape index (κ2) is 4.40. The van der Waals surface area contributed by atoms with Crippen molar-refractivity contribution in [1.29, 1.82) is 5.26 Å². The van der Waals surface area contributed by atoms with Gasteiger partial charge in [-0.15, -0.1) is 0 Å². The van der Waals surface area contributed by atoms with Crippen LogP contribution in [-0.2, 0) is 4.79 Å². The smallest absolute Gasteiger partial charge is 0.247 e. The molecule has 18 heavy (non-hydrogen) atoms. The minimum absolute atomic E-state index is 0.0208. The maximum absolute atomic E-state index is 12.2. The second-order valence-electron chi connectivity index (χ2n) is 6.42. The van der Waals surface area contributed by atoms with Crippen LogP contribution >= 0.6 is 0 Å². The van der Waals surface area contributed by atoms with Crippen molar-refractivity contribution in [3.8, 4) is 6.07 Å². The van der Waals surface area contributed by atoms with Gasteiger partial charge in [-0.3, -0.25) is 4.79 Å². The molecule has 2 N–H and O–H groups in total. The van der Waals surface area contributed by atoms with Gasteiger partial charge in [-0.05, 0) is 40.7 Å². The van der Waals surface area contributed by atoms with Crippen molar-refractivity contribution in [1.82, 2.24) is 4.90 Å². The van der Waals surface area contributed by atoms with E-state index in [2.05, 4.69) is 6.07 Å². The van der Waals surface area contributed by atoms with Gasteiger partial charge in [0, 0.05) is 23.9 Å². The van der Waals surface area contributed by atoms with Crippen LogP contribution < -0.4 is 5.73 Å². The third-order valence-electron chi connectivity index (χ3n) is 3.46. The van der Waals surface area contributed by atoms with Crippen LogP contribution in [0.3, 0.4) is 0 Å². The normalized spacial score (nSPS) is 24.8. The highest BCUT2D eigenvalue weighted by Crippen LogP contribution is 2.42. The Morgan fingerprint density at radius 1 is 1.28 bits per heavy atom. The maximum atomic E-state index is 12.2. The Morgan fingerprint density at radius 3 is 2.06 bits per heavy atom. The summed E-state index contributed by atoms with van der Waals surface area (Å²) in [7, 11) is 0. The van der Waals surface area contributed by atoms with Crippen molar-refractivity contribution >= 4 is 5.91 Å². The highest BCUT2D eigenvalue weighted by molar-refractivity contribution is 5.89. The van der Waals surface area contributed by atoms with Gasteiger partial charge in [-0.25, -0.2) is 0 Å². The number of hydrogen-bond donors (Lipinski definition) is 1. The fourth-order valence-corrected chi connectivity index (χ4v) is 3.48. The highest BCUT2D eigenvalue weighted by Gasteiger charge is 2.52. The summed E-state index contributed by atoms with van der Waals surface area (Å²) >= 11 is 0. The number of nitrogens with zero attached hydrogens (tertiary/aromatic N) is 2. The molecule has 4 nitrogen and oxygen atoms in total. The van der Waals surface area contributed by atoms with E-state index in [0.717, 1.165) is 0 Å². The highest BCUT2D eigenvalue weighted by atomic mass is 16.2. The van der Waals surface area contributed by atoms with Crippen LogP contribution in [0.25, 0.3) is 0 Å². The number of carbonyl (C=O) groups is 1. The van der Waals surface area contributed by atoms with E-state index in [1.54, 1.807) is 12.2 Å². The molecule has 1 aliphatic rings. The van der Waals surface area contributed by atoms with Crippen LogP contribution in [0.2, 0.25) is 0 Å². The third kappa shape index (κ3) is 2.56. The topological polar surface area (TPSA) is 70.1 Å². The van der Waals surface area contributed by atoms with Crippen molar-refractivity contribution in [2.75, 3.05) is 0 Å². The number of rotatable bonds is 1. The Morgan fingerprint density at radius 2 is 1.72 bits per heavy atom. The molecule has 1 saturated heterocycles. The first-order valence-electron chi connectivity index (χ1n) is 6.25. The lowest BCUT2D eigenvalue weighted by Gasteiger charge is -2.56. The summed E-state index contributed by atoms with van der Waals surface area (Å²) in [6.07, 6.45) is 4.29. The minimum Gasteiger partial charge on any atom is -0.329 e. The number of nitrogens with two attached hydrogens (primary N) is 1. The van der Waals surface area contributed by atoms with E-state index in [4.69, 9.17) is 5.73 Å². The van der Waals surface area contributed by atoms with E-state index in [0.29, 0.717) is 12.8 Å². The molecular formula is C14H23N3O. The summed E-state index contributed by atoms with van der Waals surface area (Å²) in [5.74, 6) is -0.0208. The number of nitriles is 1. The molecule has 0 saturated carbocycles. The zero-order valence-corrected chi connectivity index (χ0v) is 11.9. The van der Waals surface area contributed by atoms with Gasteiger partial charge < -0.3 is 10.6 Å². The van der Waals surface area contributed by atoms with Gasteiger partial charge in [0.25, 0.3) is 0 Å². The first-order chi connectivity index (χ1) is 8.08. The van der Waals surface area contributed by atoms with Crippen LogP contribution in [-0.4, -0.2) is 27.4 Å². The summed E-state index contributed by atoms with van der Waals surface area (Å²) in [4.78, 5) is 14.1. The summed E-state index contributed by atoms with van der Waals surface area (Å²) in [5, 5.41) is 9.25. The Kier molecular flexibility index (Phi) is 3.60. The van der Waals surface area contributed by atoms with Gasteiger partial charge >= 0.3 is 0 Å². The van der Waals surface area contributed by atoms with Crippen LogP contribution in [0.4, 0.5) is 0 Å². The van der Waals surface area contributed by atoms with Gasteiger partial charge in [0.1, 0.15) is 5.54 Å². The van der Waals surface area contributed by atoms with Crippen molar-refractivity contribution in [2.24, 2.45) is 5.73 Å². The number of amides is 1. The minimum atomic E-state index is -0.861. The van der Waals surface area contributed by atoms with E-state index in [1.165, 1.54) is 0 Å². The number of carbonyl (C=O) groups excluding carboxylic acids is 1. The lowest BCUT2D eigenvalue weighted by molar-refractivity contribution is -0.145. The van der Waals surface area contributed by atoms with Crippen LogP contribution in [0.1, 0.15) is 47.5 Å². The molecule has 1 aliphatic heterocycles. The molecule has 0 radical (unpaired) electrons. The molecular weight excluding hydrogens is 226 g/mol. The summed E-state index contributed by atoms with van der Waals surface area (Å²) in [6.45, 7) is 9.69. The van der Waals surface area contributed by atoms with Crippen LogP contribution in [0.5, 0.6) is 0 Å². The van der Waals surface area contributed by atoms with Gasteiger partial charge in [-0.2, -0.15) is 5.26 Å². The Balaban J connectivity index is 3.21. The molecule has 1 heterocycles. The fraction of sp³-hybridized carbons (Fsp3) is 0.714. The second-order valence-corrected chi connectivity index (χ2v) is 6.42. The zero-order chi connectivity index (χ0) is 14.2. The molecule has 4 heteroatoms. The molecule has 0 aromatic heterocycles. The molecule has 1 fully saturated rings. The Hall–Kier alpha value is -1.34. The number of allylic oxidation sites excluding steroid dienone is 1. The van der Waals surface area contributed by atoms with Crippen molar-refractivity contribution in [2.45, 2.75) is 64.1 Å². The number of piperidine rings is 1. The summed E-state index contributed by atoms with van der Waals surface area (Å²) in [6, 6.07) is 2.20. The Labute approximate surface area is 109 Å². The molecule has 0 unspecified atom stereocenters. The molecule has 0 atom stereocenters. The molecule has 1 rings (SSSR count). The summed E-state index contributed by atoms with van der Waals surface area (Å²) < 4.78 is 0. The zero-order valence-electron chi connectivity index (χ0n) is 11.9. The molecule has 0 aromatic rings. The Bertz CT molecular complexity index is 397. The molecule has 100 valence electrons. The molecule has 0 aliphatic carbocycles. The van der Waals surface area contributed by atoms with Gasteiger partial charge in [0.15, 0.2) is 0 Å². The van der Waals surface area contributed by atoms with Gasteiger partial charge in [0.05, 0.1) is 6.07 Å². The average molecular weight is 249 g/mol. The molecule has 1 amide bonds. The SMILES string of the molecule is CC=CC(=O)N1C(C)(C)CC(N)(C#N)CC1(C)C. The third-order valence-corrected chi connectivity index (χ3v) is 3.46. The molecule has 0 bridgehead atoms. The molecule has 0 spiro atoms.